The molecule has 9 nitrogen and oxygen atoms in total. The van der Waals surface area contributed by atoms with Gasteiger partial charge in [-0.3, -0.25) is 19.7 Å². The van der Waals surface area contributed by atoms with E-state index in [1.54, 1.807) is 24.3 Å². The molecule has 1 fully saturated rings. The van der Waals surface area contributed by atoms with E-state index < -0.39 is 22.7 Å². The van der Waals surface area contributed by atoms with Gasteiger partial charge in [0.05, 0.1) is 23.6 Å². The fourth-order valence-corrected chi connectivity index (χ4v) is 3.52. The number of ketones is 1. The number of nitrogens with zero attached hydrogens (tertiary/aromatic N) is 2. The number of aliphatic hydroxyl groups excluding tert-OH is 1. The van der Waals surface area contributed by atoms with Crippen LogP contribution in [0.25, 0.3) is 5.76 Å². The van der Waals surface area contributed by atoms with Gasteiger partial charge in [-0.15, -0.1) is 0 Å². The van der Waals surface area contributed by atoms with E-state index in [1.807, 2.05) is 0 Å². The fourth-order valence-electron chi connectivity index (χ4n) is 3.52. The molecular formula is C22H22N2O7. The van der Waals surface area contributed by atoms with Gasteiger partial charge in [0.15, 0.2) is 0 Å². The molecule has 1 N–H and O–H groups in total. The Balaban J connectivity index is 2.10. The highest BCUT2D eigenvalue weighted by Crippen LogP contribution is 2.40. The zero-order valence-corrected chi connectivity index (χ0v) is 17.1. The standard InChI is InChI=1S/C22H22N2O7/c1-30-13-3-12-23-19(14-4-8-16(9-5-14)24(28)29)18(21(26)22(23)27)20(25)15-6-10-17(31-2)11-7-15/h4-11,19,25H,3,12-13H2,1-2H3/b20-18+. The molecule has 1 aliphatic rings. The molecule has 1 saturated heterocycles. The topological polar surface area (TPSA) is 119 Å². The zero-order chi connectivity index (χ0) is 22.5. The number of amides is 1. The number of benzene rings is 2. The monoisotopic (exact) mass is 426 g/mol. The predicted molar refractivity (Wildman–Crippen MR) is 112 cm³/mol. The van der Waals surface area contributed by atoms with Crippen molar-refractivity contribution >= 4 is 23.1 Å². The van der Waals surface area contributed by atoms with E-state index in [-0.39, 0.29) is 23.6 Å². The minimum absolute atomic E-state index is 0.0681. The number of nitro groups is 1. The van der Waals surface area contributed by atoms with Gasteiger partial charge in [-0.05, 0) is 48.4 Å². The number of nitro benzene ring substituents is 1. The van der Waals surface area contributed by atoms with Crippen LogP contribution in [0.5, 0.6) is 5.75 Å². The van der Waals surface area contributed by atoms with Crippen LogP contribution < -0.4 is 4.74 Å². The summed E-state index contributed by atoms with van der Waals surface area (Å²) in [6, 6.07) is 11.1. The molecule has 2 aromatic rings. The van der Waals surface area contributed by atoms with Crippen molar-refractivity contribution in [3.05, 3.63) is 75.3 Å². The van der Waals surface area contributed by atoms with E-state index in [0.717, 1.165) is 0 Å². The summed E-state index contributed by atoms with van der Waals surface area (Å²) in [7, 11) is 3.04. The second-order valence-electron chi connectivity index (χ2n) is 6.92. The Morgan fingerprint density at radius 3 is 2.29 bits per heavy atom. The highest BCUT2D eigenvalue weighted by molar-refractivity contribution is 6.46. The smallest absolute Gasteiger partial charge is 0.295 e. The molecule has 31 heavy (non-hydrogen) atoms. The molecule has 0 aliphatic carbocycles. The van der Waals surface area contributed by atoms with Crippen LogP contribution in [0, 0.1) is 10.1 Å². The SMILES string of the molecule is COCCCN1C(=O)C(=O)/C(=C(/O)c2ccc(OC)cc2)C1c1ccc([N+](=O)[O-])cc1. The second-order valence-corrected chi connectivity index (χ2v) is 6.92. The first-order valence-electron chi connectivity index (χ1n) is 9.55. The van der Waals surface area contributed by atoms with Gasteiger partial charge in [0.2, 0.25) is 0 Å². The van der Waals surface area contributed by atoms with Crippen LogP contribution in [0.4, 0.5) is 5.69 Å². The van der Waals surface area contributed by atoms with Gasteiger partial charge in [0.1, 0.15) is 11.5 Å². The van der Waals surface area contributed by atoms with Crippen LogP contribution in [-0.2, 0) is 14.3 Å². The van der Waals surface area contributed by atoms with Crippen molar-refractivity contribution in [2.75, 3.05) is 27.4 Å². The molecule has 9 heteroatoms. The van der Waals surface area contributed by atoms with Crippen molar-refractivity contribution in [2.45, 2.75) is 12.5 Å². The van der Waals surface area contributed by atoms with Gasteiger partial charge in [0, 0.05) is 38.0 Å². The number of aliphatic hydroxyl groups is 1. The summed E-state index contributed by atoms with van der Waals surface area (Å²) in [5.74, 6) is -1.30. The number of Topliss-reactive ketones (excluding diaryl/α,β-unsaturated/α-hetero) is 1. The van der Waals surface area contributed by atoms with Gasteiger partial charge >= 0.3 is 0 Å². The summed E-state index contributed by atoms with van der Waals surface area (Å²) >= 11 is 0. The highest BCUT2D eigenvalue weighted by Gasteiger charge is 2.45. The quantitative estimate of drug-likeness (QED) is 0.172. The Hall–Kier alpha value is -3.72. The summed E-state index contributed by atoms with van der Waals surface area (Å²) in [4.78, 5) is 37.5. The van der Waals surface area contributed by atoms with Crippen LogP contribution in [0.15, 0.2) is 54.1 Å². The van der Waals surface area contributed by atoms with Crippen LogP contribution in [-0.4, -0.2) is 54.0 Å². The average Bonchev–Trinajstić information content (AvgIpc) is 3.04. The lowest BCUT2D eigenvalue weighted by molar-refractivity contribution is -0.384. The van der Waals surface area contributed by atoms with E-state index >= 15 is 0 Å². The Bertz CT molecular complexity index is 1010. The molecule has 1 amide bonds. The molecule has 1 heterocycles. The molecule has 1 unspecified atom stereocenters. The molecule has 0 saturated carbocycles. The Morgan fingerprint density at radius 1 is 1.10 bits per heavy atom. The number of likely N-dealkylation sites (tertiary alicyclic amines) is 1. The number of hydrogen-bond acceptors (Lipinski definition) is 7. The molecule has 3 rings (SSSR count). The second kappa shape index (κ2) is 9.40. The summed E-state index contributed by atoms with van der Waals surface area (Å²) < 4.78 is 10.2. The average molecular weight is 426 g/mol. The molecule has 162 valence electrons. The first kappa shape index (κ1) is 22.0. The van der Waals surface area contributed by atoms with E-state index in [4.69, 9.17) is 9.47 Å². The van der Waals surface area contributed by atoms with Crippen molar-refractivity contribution in [1.82, 2.24) is 4.90 Å². The third-order valence-corrected chi connectivity index (χ3v) is 5.07. The maximum absolute atomic E-state index is 12.9. The fraction of sp³-hybridized carbons (Fsp3) is 0.273. The van der Waals surface area contributed by atoms with E-state index in [1.165, 1.54) is 43.4 Å². The highest BCUT2D eigenvalue weighted by atomic mass is 16.6. The van der Waals surface area contributed by atoms with E-state index in [9.17, 15) is 24.8 Å². The van der Waals surface area contributed by atoms with Crippen LogP contribution in [0.3, 0.4) is 0 Å². The minimum Gasteiger partial charge on any atom is -0.507 e. The van der Waals surface area contributed by atoms with Crippen molar-refractivity contribution in [3.63, 3.8) is 0 Å². The van der Waals surface area contributed by atoms with Crippen molar-refractivity contribution < 1.29 is 29.1 Å². The molecule has 1 atom stereocenters. The summed E-state index contributed by atoms with van der Waals surface area (Å²) in [5, 5.41) is 21.9. The summed E-state index contributed by atoms with van der Waals surface area (Å²) in [6.45, 7) is 0.605. The summed E-state index contributed by atoms with van der Waals surface area (Å²) in [6.07, 6.45) is 0.482. The van der Waals surface area contributed by atoms with Crippen molar-refractivity contribution in [2.24, 2.45) is 0 Å². The van der Waals surface area contributed by atoms with E-state index in [0.29, 0.717) is 29.9 Å². The van der Waals surface area contributed by atoms with Crippen molar-refractivity contribution in [3.8, 4) is 5.75 Å². The zero-order valence-electron chi connectivity index (χ0n) is 17.1. The number of rotatable bonds is 8. The lowest BCUT2D eigenvalue weighted by Crippen LogP contribution is -2.31. The number of carbonyl (C=O) groups excluding carboxylic acids is 2. The lowest BCUT2D eigenvalue weighted by Gasteiger charge is -2.25. The number of non-ortho nitro benzene ring substituents is 1. The first-order chi connectivity index (χ1) is 14.9. The molecular weight excluding hydrogens is 404 g/mol. The molecule has 0 bridgehead atoms. The maximum atomic E-state index is 12.9. The lowest BCUT2D eigenvalue weighted by atomic mass is 9.95. The van der Waals surface area contributed by atoms with Gasteiger partial charge < -0.3 is 19.5 Å². The molecule has 0 aromatic heterocycles. The van der Waals surface area contributed by atoms with Crippen LogP contribution >= 0.6 is 0 Å². The van der Waals surface area contributed by atoms with Gasteiger partial charge in [-0.2, -0.15) is 0 Å². The first-order valence-corrected chi connectivity index (χ1v) is 9.55. The van der Waals surface area contributed by atoms with Gasteiger partial charge in [-0.25, -0.2) is 0 Å². The van der Waals surface area contributed by atoms with Crippen molar-refractivity contribution in [1.29, 1.82) is 0 Å². The van der Waals surface area contributed by atoms with Crippen LogP contribution in [0.1, 0.15) is 23.6 Å². The third-order valence-electron chi connectivity index (χ3n) is 5.07. The number of ether oxygens (including phenoxy) is 2. The minimum atomic E-state index is -0.875. The number of carbonyl (C=O) groups is 2. The Morgan fingerprint density at radius 2 is 1.74 bits per heavy atom. The van der Waals surface area contributed by atoms with Gasteiger partial charge in [-0.1, -0.05) is 0 Å². The Labute approximate surface area is 178 Å². The predicted octanol–water partition coefficient (Wildman–Crippen LogP) is 3.06. The summed E-state index contributed by atoms with van der Waals surface area (Å²) in [5.41, 5.74) is 0.650. The maximum Gasteiger partial charge on any atom is 0.295 e. The number of methoxy groups -OCH3 is 2. The molecule has 0 spiro atoms. The number of hydrogen-bond donors (Lipinski definition) is 1. The van der Waals surface area contributed by atoms with E-state index in [2.05, 4.69) is 0 Å². The largest absolute Gasteiger partial charge is 0.507 e. The van der Waals surface area contributed by atoms with Gasteiger partial charge in [0.25, 0.3) is 17.4 Å². The Kier molecular flexibility index (Phi) is 6.66. The molecule has 1 aliphatic heterocycles. The van der Waals surface area contributed by atoms with Crippen LogP contribution in [0.2, 0.25) is 0 Å². The molecule has 2 aromatic carbocycles. The third kappa shape index (κ3) is 4.41. The normalized spacial score (nSPS) is 17.7. The molecule has 0 radical (unpaired) electrons.